The predicted molar refractivity (Wildman–Crippen MR) is 101 cm³/mol. The Labute approximate surface area is 163 Å². The lowest BCUT2D eigenvalue weighted by molar-refractivity contribution is 0.157. The van der Waals surface area contributed by atoms with Crippen molar-refractivity contribution < 1.29 is 0 Å². The summed E-state index contributed by atoms with van der Waals surface area (Å²) in [6, 6.07) is 14.1. The van der Waals surface area contributed by atoms with Crippen LogP contribution in [0.5, 0.6) is 0 Å². The van der Waals surface area contributed by atoms with Crippen molar-refractivity contribution in [2.75, 3.05) is 7.05 Å². The molecule has 1 saturated carbocycles. The lowest BCUT2D eigenvalue weighted by Gasteiger charge is -2.50. The van der Waals surface area contributed by atoms with Crippen molar-refractivity contribution >= 4 is 17.3 Å². The highest BCUT2D eigenvalue weighted by Gasteiger charge is 2.61. The zero-order chi connectivity index (χ0) is 19.3. The molecule has 1 N–H and O–H groups in total. The number of halogens is 1. The standard InChI is InChI=1S/C21H18ClN5/c1-27-14-6-7-17(27)18-15(8-14)16(9-23)20(26)21(10-24,11-25)19(18)12-2-4-13(22)5-3-12/h2-5,8,14,16-19,26H,6-7H2,1H3/t14-,16?,17+,18-,19-/m0/s1. The van der Waals surface area contributed by atoms with E-state index in [9.17, 15) is 15.8 Å². The van der Waals surface area contributed by atoms with Crippen molar-refractivity contribution in [1.29, 1.82) is 21.2 Å². The molecular weight excluding hydrogens is 358 g/mol. The van der Waals surface area contributed by atoms with Gasteiger partial charge in [0.2, 0.25) is 0 Å². The van der Waals surface area contributed by atoms with Crippen LogP contribution in [0.25, 0.3) is 0 Å². The molecule has 2 heterocycles. The minimum atomic E-state index is -1.66. The maximum Gasteiger partial charge on any atom is 0.189 e. The first-order valence-electron chi connectivity index (χ1n) is 8.98. The van der Waals surface area contributed by atoms with Gasteiger partial charge in [0.05, 0.1) is 23.9 Å². The SMILES string of the molecule is CN1[C@@H]2C=C3C(C#N)C(=N)C(C#N)(C#N)[C@@H](c4ccc(Cl)cc4)[C@@H]3[C@H]1CC2. The fourth-order valence-electron chi connectivity index (χ4n) is 5.27. The summed E-state index contributed by atoms with van der Waals surface area (Å²) in [5.41, 5.74) is -0.0270. The van der Waals surface area contributed by atoms with Crippen LogP contribution in [-0.2, 0) is 0 Å². The summed E-state index contributed by atoms with van der Waals surface area (Å²) in [5, 5.41) is 39.1. The van der Waals surface area contributed by atoms with Gasteiger partial charge in [0.25, 0.3) is 0 Å². The Morgan fingerprint density at radius 2 is 1.81 bits per heavy atom. The van der Waals surface area contributed by atoms with Gasteiger partial charge in [-0.15, -0.1) is 0 Å². The molecular formula is C21H18ClN5. The number of fused-ring (bicyclic) bond motifs is 4. The molecule has 27 heavy (non-hydrogen) atoms. The molecule has 4 rings (SSSR count). The fraction of sp³-hybridized carbons (Fsp3) is 0.429. The summed E-state index contributed by atoms with van der Waals surface area (Å²) in [6.45, 7) is 0. The third kappa shape index (κ3) is 2.28. The zero-order valence-corrected chi connectivity index (χ0v) is 15.6. The Bertz CT molecular complexity index is 944. The second-order valence-corrected chi connectivity index (χ2v) is 8.04. The van der Waals surface area contributed by atoms with E-state index in [1.54, 1.807) is 12.1 Å². The molecule has 1 aliphatic carbocycles. The van der Waals surface area contributed by atoms with Gasteiger partial charge in [-0.2, -0.15) is 15.8 Å². The second kappa shape index (κ2) is 6.21. The van der Waals surface area contributed by atoms with Crippen molar-refractivity contribution in [2.45, 2.75) is 30.8 Å². The first-order chi connectivity index (χ1) is 13.0. The van der Waals surface area contributed by atoms with E-state index in [2.05, 4.69) is 36.2 Å². The van der Waals surface area contributed by atoms with Gasteiger partial charge in [-0.3, -0.25) is 4.90 Å². The summed E-state index contributed by atoms with van der Waals surface area (Å²) in [5.74, 6) is -1.46. The van der Waals surface area contributed by atoms with Gasteiger partial charge in [-0.25, -0.2) is 0 Å². The minimum Gasteiger partial charge on any atom is -0.305 e. The zero-order valence-electron chi connectivity index (χ0n) is 14.9. The Hall–Kier alpha value is -2.65. The molecule has 2 bridgehead atoms. The van der Waals surface area contributed by atoms with Crippen LogP contribution in [0.3, 0.4) is 0 Å². The number of rotatable bonds is 1. The third-order valence-electron chi connectivity index (χ3n) is 6.57. The largest absolute Gasteiger partial charge is 0.305 e. The molecule has 0 spiro atoms. The highest BCUT2D eigenvalue weighted by molar-refractivity contribution is 6.30. The summed E-state index contributed by atoms with van der Waals surface area (Å²) < 4.78 is 0. The van der Waals surface area contributed by atoms with Gasteiger partial charge in [0.15, 0.2) is 5.41 Å². The van der Waals surface area contributed by atoms with E-state index in [0.717, 1.165) is 24.0 Å². The van der Waals surface area contributed by atoms with Crippen LogP contribution in [0.1, 0.15) is 24.3 Å². The van der Waals surface area contributed by atoms with E-state index in [1.165, 1.54) is 0 Å². The van der Waals surface area contributed by atoms with Crippen molar-refractivity contribution in [2.24, 2.45) is 17.3 Å². The highest BCUT2D eigenvalue weighted by atomic mass is 35.5. The number of nitriles is 3. The van der Waals surface area contributed by atoms with Crippen LogP contribution in [0.15, 0.2) is 35.9 Å². The number of nitrogens with zero attached hydrogens (tertiary/aromatic N) is 4. The first kappa shape index (κ1) is 17.7. The number of likely N-dealkylation sites (N-methyl/N-ethyl adjacent to an activating group) is 1. The molecule has 0 radical (unpaired) electrons. The van der Waals surface area contributed by atoms with E-state index in [1.807, 2.05) is 12.1 Å². The van der Waals surface area contributed by atoms with Crippen LogP contribution >= 0.6 is 11.6 Å². The quantitative estimate of drug-likeness (QED) is 0.757. The van der Waals surface area contributed by atoms with Gasteiger partial charge >= 0.3 is 0 Å². The average molecular weight is 376 g/mol. The van der Waals surface area contributed by atoms with Gasteiger partial charge in [-0.1, -0.05) is 29.8 Å². The normalized spacial score (nSPS) is 34.0. The minimum absolute atomic E-state index is 0.0959. The topological polar surface area (TPSA) is 98.5 Å². The molecule has 3 aliphatic rings. The van der Waals surface area contributed by atoms with E-state index >= 15 is 0 Å². The average Bonchev–Trinajstić information content (AvgIpc) is 2.91. The summed E-state index contributed by atoms with van der Waals surface area (Å²) in [6.07, 6.45) is 4.05. The summed E-state index contributed by atoms with van der Waals surface area (Å²) in [4.78, 5) is 2.29. The van der Waals surface area contributed by atoms with Crippen LogP contribution in [0, 0.1) is 56.7 Å². The highest BCUT2D eigenvalue weighted by Crippen LogP contribution is 2.57. The predicted octanol–water partition coefficient (Wildman–Crippen LogP) is 3.65. The third-order valence-corrected chi connectivity index (χ3v) is 6.82. The molecule has 6 heteroatoms. The molecule has 1 saturated heterocycles. The Balaban J connectivity index is 1.99. The van der Waals surface area contributed by atoms with Gasteiger partial charge in [0, 0.05) is 28.9 Å². The first-order valence-corrected chi connectivity index (χ1v) is 9.36. The maximum atomic E-state index is 10.1. The van der Waals surface area contributed by atoms with Gasteiger partial charge in [0.1, 0.15) is 5.92 Å². The molecule has 0 aromatic heterocycles. The summed E-state index contributed by atoms with van der Waals surface area (Å²) >= 11 is 6.05. The number of nitrogens with one attached hydrogen (secondary N) is 1. The maximum absolute atomic E-state index is 10.1. The van der Waals surface area contributed by atoms with Crippen LogP contribution in [0.2, 0.25) is 5.02 Å². The van der Waals surface area contributed by atoms with E-state index in [0.29, 0.717) is 5.02 Å². The number of hydrogen-bond donors (Lipinski definition) is 1. The van der Waals surface area contributed by atoms with Crippen LogP contribution in [-0.4, -0.2) is 29.7 Å². The molecule has 134 valence electrons. The lowest BCUT2D eigenvalue weighted by atomic mass is 9.53. The number of hydrogen-bond acceptors (Lipinski definition) is 5. The van der Waals surface area contributed by atoms with E-state index in [4.69, 9.17) is 17.0 Å². The monoisotopic (exact) mass is 375 g/mol. The van der Waals surface area contributed by atoms with E-state index < -0.39 is 17.3 Å². The van der Waals surface area contributed by atoms with Gasteiger partial charge < -0.3 is 5.41 Å². The molecule has 2 aliphatic heterocycles. The smallest absolute Gasteiger partial charge is 0.189 e. The molecule has 0 amide bonds. The Morgan fingerprint density at radius 3 is 2.41 bits per heavy atom. The molecule has 5 atom stereocenters. The summed E-state index contributed by atoms with van der Waals surface area (Å²) in [7, 11) is 2.07. The van der Waals surface area contributed by atoms with Gasteiger partial charge in [-0.05, 0) is 43.2 Å². The fourth-order valence-corrected chi connectivity index (χ4v) is 5.40. The van der Waals surface area contributed by atoms with Crippen molar-refractivity contribution in [3.05, 3.63) is 46.5 Å². The lowest BCUT2D eigenvalue weighted by Crippen LogP contribution is -2.55. The molecule has 5 nitrogen and oxygen atoms in total. The molecule has 2 fully saturated rings. The second-order valence-electron chi connectivity index (χ2n) is 7.61. The van der Waals surface area contributed by atoms with Crippen LogP contribution < -0.4 is 0 Å². The molecule has 1 unspecified atom stereocenters. The molecule has 1 aromatic carbocycles. The van der Waals surface area contributed by atoms with E-state index in [-0.39, 0.29) is 23.7 Å². The Kier molecular flexibility index (Phi) is 4.08. The van der Waals surface area contributed by atoms with Crippen molar-refractivity contribution in [3.8, 4) is 18.2 Å². The number of benzene rings is 1. The van der Waals surface area contributed by atoms with Crippen molar-refractivity contribution in [1.82, 2.24) is 4.90 Å². The Morgan fingerprint density at radius 1 is 1.15 bits per heavy atom. The molecule has 1 aromatic rings. The van der Waals surface area contributed by atoms with Crippen LogP contribution in [0.4, 0.5) is 0 Å². The van der Waals surface area contributed by atoms with Crippen molar-refractivity contribution in [3.63, 3.8) is 0 Å².